The number of carbonyl (C=O) groups is 2. The van der Waals surface area contributed by atoms with Gasteiger partial charge in [-0.15, -0.1) is 0 Å². The predicted octanol–water partition coefficient (Wildman–Crippen LogP) is -3.38. The quantitative estimate of drug-likeness (QED) is 0.453. The molecule has 0 spiro atoms. The zero-order valence-electron chi connectivity index (χ0n) is 11.3. The third kappa shape index (κ3) is 2.89. The van der Waals surface area contributed by atoms with E-state index in [0.29, 0.717) is 0 Å². The van der Waals surface area contributed by atoms with Gasteiger partial charge in [0.25, 0.3) is 0 Å². The molecule has 0 aromatic carbocycles. The molecule has 4 atom stereocenters. The molecule has 4 unspecified atom stereocenters. The van der Waals surface area contributed by atoms with Crippen LogP contribution in [-0.4, -0.2) is 55.6 Å². The van der Waals surface area contributed by atoms with E-state index in [9.17, 15) is 30.0 Å². The highest BCUT2D eigenvalue weighted by Crippen LogP contribution is 2.32. The van der Waals surface area contributed by atoms with Gasteiger partial charge in [0.2, 0.25) is 5.91 Å². The van der Waals surface area contributed by atoms with Gasteiger partial charge in [0, 0.05) is 25.5 Å². The summed E-state index contributed by atoms with van der Waals surface area (Å²) in [6.07, 6.45) is -1.78. The van der Waals surface area contributed by atoms with Gasteiger partial charge >= 0.3 is 0 Å². The number of aliphatic hydroxyl groups excluding tert-OH is 3. The van der Waals surface area contributed by atoms with Crippen LogP contribution in [0.4, 0.5) is 0 Å². The molecule has 2 heterocycles. The van der Waals surface area contributed by atoms with Gasteiger partial charge in [-0.1, -0.05) is 0 Å². The molecule has 0 saturated heterocycles. The number of nitrogens with one attached hydrogen (secondary N) is 1. The zero-order valence-corrected chi connectivity index (χ0v) is 11.3. The molecule has 1 amide bonds. The maximum Gasteiger partial charge on any atom is 0.217 e. The van der Waals surface area contributed by atoms with E-state index >= 15 is 0 Å². The largest absolute Gasteiger partial charge is 0.550 e. The number of carboxylic acid groups (broad SMARTS) is 1. The third-order valence-electron chi connectivity index (χ3n) is 3.40. The van der Waals surface area contributed by atoms with Gasteiger partial charge in [-0.25, -0.2) is 4.98 Å². The first kappa shape index (κ1) is 15.4. The second-order valence-electron chi connectivity index (χ2n) is 4.96. The Morgan fingerprint density at radius 3 is 2.62 bits per heavy atom. The normalized spacial score (nSPS) is 28.0. The van der Waals surface area contributed by atoms with Crippen LogP contribution in [0.3, 0.4) is 0 Å². The number of fused-ring (bicyclic) bond motifs is 1. The Bertz CT molecular complexity index is 557. The van der Waals surface area contributed by atoms with Gasteiger partial charge in [-0.2, -0.15) is 0 Å². The van der Waals surface area contributed by atoms with Crippen LogP contribution in [0.1, 0.15) is 30.5 Å². The number of imidazole rings is 1. The van der Waals surface area contributed by atoms with Gasteiger partial charge in [-0.05, 0) is 0 Å². The molecule has 0 saturated carbocycles. The Hall–Kier alpha value is -1.97. The summed E-state index contributed by atoms with van der Waals surface area (Å²) in [4.78, 5) is 25.9. The Labute approximate surface area is 119 Å². The number of aliphatic hydroxyl groups is 3. The number of hydrogen-bond acceptors (Lipinski definition) is 7. The van der Waals surface area contributed by atoms with Crippen LogP contribution in [-0.2, 0) is 16.0 Å². The Morgan fingerprint density at radius 2 is 2.10 bits per heavy atom. The highest BCUT2D eigenvalue weighted by atomic mass is 16.4. The zero-order chi connectivity index (χ0) is 15.7. The first-order valence-corrected chi connectivity index (χ1v) is 6.36. The number of rotatable bonds is 4. The minimum atomic E-state index is -1.36. The van der Waals surface area contributed by atoms with Crippen molar-refractivity contribution in [2.75, 3.05) is 6.61 Å². The lowest BCUT2D eigenvalue weighted by Crippen LogP contribution is -2.51. The van der Waals surface area contributed by atoms with Crippen molar-refractivity contribution in [2.45, 2.75) is 37.6 Å². The van der Waals surface area contributed by atoms with Crippen molar-refractivity contribution < 1.29 is 30.0 Å². The average Bonchev–Trinajstić information content (AvgIpc) is 2.77. The highest BCUT2D eigenvalue weighted by molar-refractivity contribution is 5.73. The lowest BCUT2D eigenvalue weighted by Gasteiger charge is -2.37. The molecule has 0 aliphatic carbocycles. The summed E-state index contributed by atoms with van der Waals surface area (Å²) < 4.78 is 1.37. The molecule has 1 aromatic heterocycles. The van der Waals surface area contributed by atoms with Crippen LogP contribution in [0.2, 0.25) is 0 Å². The Morgan fingerprint density at radius 1 is 1.43 bits per heavy atom. The van der Waals surface area contributed by atoms with Gasteiger partial charge in [-0.3, -0.25) is 4.79 Å². The summed E-state index contributed by atoms with van der Waals surface area (Å²) in [5, 5.41) is 42.5. The van der Waals surface area contributed by atoms with Crippen LogP contribution < -0.4 is 10.4 Å². The second-order valence-corrected chi connectivity index (χ2v) is 4.96. The van der Waals surface area contributed by atoms with Crippen molar-refractivity contribution in [2.24, 2.45) is 0 Å². The van der Waals surface area contributed by atoms with Crippen LogP contribution >= 0.6 is 0 Å². The number of aliphatic carboxylic acids is 1. The maximum absolute atomic E-state index is 11.2. The first-order chi connectivity index (χ1) is 9.85. The first-order valence-electron chi connectivity index (χ1n) is 6.36. The molecular formula is C12H16N3O6-. The fourth-order valence-corrected chi connectivity index (χ4v) is 2.50. The Balaban J connectivity index is 2.45. The fraction of sp³-hybridized carbons (Fsp3) is 0.583. The van der Waals surface area contributed by atoms with E-state index in [2.05, 4.69) is 10.3 Å². The molecule has 9 heteroatoms. The standard InChI is InChI=1S/C12H17N3O6/c1-5(17)13-9-11(21)10(20)7(4-16)15-3-6(2-8(18)19)14-12(9)15/h3,7,9-11,16,20-21H,2,4H2,1H3,(H,13,17)(H,18,19)/p-1. The van der Waals surface area contributed by atoms with Crippen LogP contribution in [0.25, 0.3) is 0 Å². The molecular weight excluding hydrogens is 282 g/mol. The molecule has 1 aliphatic rings. The topological polar surface area (TPSA) is 148 Å². The van der Waals surface area contributed by atoms with Crippen molar-refractivity contribution in [3.05, 3.63) is 17.7 Å². The van der Waals surface area contributed by atoms with E-state index in [4.69, 9.17) is 0 Å². The summed E-state index contributed by atoms with van der Waals surface area (Å²) in [5.41, 5.74) is 0.153. The molecule has 0 bridgehead atoms. The maximum atomic E-state index is 11.2. The van der Waals surface area contributed by atoms with Crippen molar-refractivity contribution in [1.29, 1.82) is 0 Å². The number of carbonyl (C=O) groups excluding carboxylic acids is 2. The van der Waals surface area contributed by atoms with E-state index in [0.717, 1.165) is 0 Å². The molecule has 0 radical (unpaired) electrons. The predicted molar refractivity (Wildman–Crippen MR) is 65.6 cm³/mol. The van der Waals surface area contributed by atoms with Gasteiger partial charge in [0.1, 0.15) is 24.1 Å². The molecule has 1 aromatic rings. The van der Waals surface area contributed by atoms with E-state index in [-0.39, 0.29) is 11.5 Å². The smallest absolute Gasteiger partial charge is 0.217 e. The highest BCUT2D eigenvalue weighted by Gasteiger charge is 2.42. The summed E-state index contributed by atoms with van der Waals surface area (Å²) in [7, 11) is 0. The summed E-state index contributed by atoms with van der Waals surface area (Å²) in [5.74, 6) is -1.59. The lowest BCUT2D eigenvalue weighted by atomic mass is 9.94. The molecule has 116 valence electrons. The molecule has 1 aliphatic heterocycles. The number of aromatic nitrogens is 2. The number of carboxylic acids is 1. The third-order valence-corrected chi connectivity index (χ3v) is 3.40. The van der Waals surface area contributed by atoms with Crippen LogP contribution in [0.5, 0.6) is 0 Å². The van der Waals surface area contributed by atoms with E-state index < -0.39 is 49.2 Å². The van der Waals surface area contributed by atoms with Crippen LogP contribution in [0, 0.1) is 0 Å². The van der Waals surface area contributed by atoms with Crippen molar-refractivity contribution in [3.8, 4) is 0 Å². The molecule has 2 rings (SSSR count). The van der Waals surface area contributed by atoms with Gasteiger partial charge in [0.15, 0.2) is 0 Å². The molecule has 0 fully saturated rings. The minimum Gasteiger partial charge on any atom is -0.550 e. The molecule has 9 nitrogen and oxygen atoms in total. The van der Waals surface area contributed by atoms with E-state index in [1.807, 2.05) is 0 Å². The van der Waals surface area contributed by atoms with E-state index in [1.165, 1.54) is 17.7 Å². The molecule has 21 heavy (non-hydrogen) atoms. The fourth-order valence-electron chi connectivity index (χ4n) is 2.50. The summed E-state index contributed by atoms with van der Waals surface area (Å²) >= 11 is 0. The average molecular weight is 298 g/mol. The second kappa shape index (κ2) is 5.80. The van der Waals surface area contributed by atoms with Crippen molar-refractivity contribution in [3.63, 3.8) is 0 Å². The van der Waals surface area contributed by atoms with Crippen molar-refractivity contribution >= 4 is 11.9 Å². The number of hydrogen-bond donors (Lipinski definition) is 4. The Kier molecular flexibility index (Phi) is 4.26. The SMILES string of the molecule is CC(=O)NC1c2nc(CC(=O)[O-])cn2C(CO)C(O)C1O. The van der Waals surface area contributed by atoms with E-state index in [1.54, 1.807) is 0 Å². The number of amides is 1. The minimum absolute atomic E-state index is 0.153. The summed E-state index contributed by atoms with van der Waals surface area (Å²) in [6.45, 7) is 0.770. The van der Waals surface area contributed by atoms with Gasteiger partial charge in [0.05, 0.1) is 18.3 Å². The number of nitrogens with zero attached hydrogens (tertiary/aromatic N) is 2. The lowest BCUT2D eigenvalue weighted by molar-refractivity contribution is -0.304. The van der Waals surface area contributed by atoms with Crippen LogP contribution in [0.15, 0.2) is 6.20 Å². The summed E-state index contributed by atoms with van der Waals surface area (Å²) in [6, 6.07) is -1.86. The monoisotopic (exact) mass is 298 g/mol. The molecule has 4 N–H and O–H groups in total. The van der Waals surface area contributed by atoms with Gasteiger partial charge < -0.3 is 35.1 Å². The van der Waals surface area contributed by atoms with Crippen molar-refractivity contribution in [1.82, 2.24) is 14.9 Å².